The highest BCUT2D eigenvalue weighted by molar-refractivity contribution is 7.08. The van der Waals surface area contributed by atoms with Gasteiger partial charge < -0.3 is 9.47 Å². The van der Waals surface area contributed by atoms with Gasteiger partial charge >= 0.3 is 6.09 Å². The van der Waals surface area contributed by atoms with Gasteiger partial charge in [0.05, 0.1) is 7.11 Å². The van der Waals surface area contributed by atoms with Crippen LogP contribution in [0.2, 0.25) is 0 Å². The van der Waals surface area contributed by atoms with Crippen molar-refractivity contribution in [2.24, 2.45) is 0 Å². The van der Waals surface area contributed by atoms with Crippen molar-refractivity contribution in [1.29, 1.82) is 0 Å². The van der Waals surface area contributed by atoms with E-state index in [1.54, 1.807) is 18.4 Å². The van der Waals surface area contributed by atoms with Crippen LogP contribution in [0.1, 0.15) is 19.4 Å². The van der Waals surface area contributed by atoms with E-state index in [4.69, 9.17) is 9.47 Å². The SMILES string of the molecule is COc1ccc(-c2ccsc2)c2cc3c(nc12)NC(=O)OC3(C)C. The first kappa shape index (κ1) is 15.0. The van der Waals surface area contributed by atoms with E-state index in [2.05, 4.69) is 21.7 Å². The molecule has 0 radical (unpaired) electrons. The van der Waals surface area contributed by atoms with Gasteiger partial charge in [0.25, 0.3) is 0 Å². The highest BCUT2D eigenvalue weighted by Gasteiger charge is 2.35. The first-order valence-corrected chi connectivity index (χ1v) is 8.48. The molecule has 0 fully saturated rings. The summed E-state index contributed by atoms with van der Waals surface area (Å²) in [6, 6.07) is 8.05. The Balaban J connectivity index is 2.07. The monoisotopic (exact) mass is 340 g/mol. The van der Waals surface area contributed by atoms with Crippen LogP contribution in [-0.2, 0) is 10.3 Å². The number of fused-ring (bicyclic) bond motifs is 2. The standard InChI is InChI=1S/C18H16N2O3S/c1-18(2)13-8-12-11(10-6-7-24-9-10)4-5-14(22-3)15(12)19-16(13)20-17(21)23-18/h4-9H,1-3H3,(H,19,20,21). The molecular formula is C18H16N2O3S. The minimum absolute atomic E-state index is 0.493. The Hall–Kier alpha value is -2.60. The molecular weight excluding hydrogens is 324 g/mol. The molecule has 0 bridgehead atoms. The maximum absolute atomic E-state index is 11.8. The van der Waals surface area contributed by atoms with Crippen molar-refractivity contribution < 1.29 is 14.3 Å². The Morgan fingerprint density at radius 3 is 2.83 bits per heavy atom. The smallest absolute Gasteiger partial charge is 0.413 e. The average molecular weight is 340 g/mol. The van der Waals surface area contributed by atoms with Crippen molar-refractivity contribution in [2.45, 2.75) is 19.4 Å². The Morgan fingerprint density at radius 1 is 1.29 bits per heavy atom. The fourth-order valence-electron chi connectivity index (χ4n) is 3.03. The Labute approximate surface area is 143 Å². The molecule has 0 unspecified atom stereocenters. The van der Waals surface area contributed by atoms with Gasteiger partial charge in [-0.15, -0.1) is 0 Å². The Kier molecular flexibility index (Phi) is 3.25. The molecule has 2 aromatic heterocycles. The molecule has 0 saturated heterocycles. The molecule has 5 nitrogen and oxygen atoms in total. The van der Waals surface area contributed by atoms with Crippen LogP contribution in [0.15, 0.2) is 35.0 Å². The summed E-state index contributed by atoms with van der Waals surface area (Å²) < 4.78 is 10.9. The predicted octanol–water partition coefficient (Wildman–Crippen LogP) is 4.77. The van der Waals surface area contributed by atoms with Crippen LogP contribution in [0.3, 0.4) is 0 Å². The normalized spacial score (nSPS) is 15.5. The summed E-state index contributed by atoms with van der Waals surface area (Å²) in [6.45, 7) is 3.73. The van der Waals surface area contributed by atoms with Crippen LogP contribution in [-0.4, -0.2) is 18.2 Å². The van der Waals surface area contributed by atoms with Crippen LogP contribution in [0.25, 0.3) is 22.0 Å². The molecule has 24 heavy (non-hydrogen) atoms. The summed E-state index contributed by atoms with van der Waals surface area (Å²) in [4.78, 5) is 16.5. The minimum Gasteiger partial charge on any atom is -0.494 e. The molecule has 1 aliphatic rings. The van der Waals surface area contributed by atoms with Gasteiger partial charge in [0.15, 0.2) is 0 Å². The number of thiophene rings is 1. The molecule has 0 saturated carbocycles. The molecule has 1 aliphatic heterocycles. The molecule has 1 aromatic carbocycles. The number of methoxy groups -OCH3 is 1. The van der Waals surface area contributed by atoms with E-state index in [1.165, 1.54) is 0 Å². The maximum atomic E-state index is 11.8. The molecule has 1 amide bonds. The zero-order valence-electron chi connectivity index (χ0n) is 13.5. The quantitative estimate of drug-likeness (QED) is 0.730. The van der Waals surface area contributed by atoms with Crippen molar-refractivity contribution in [3.05, 3.63) is 40.6 Å². The third-order valence-electron chi connectivity index (χ3n) is 4.22. The van der Waals surface area contributed by atoms with Gasteiger partial charge in [-0.2, -0.15) is 11.3 Å². The number of nitrogens with one attached hydrogen (secondary N) is 1. The fraction of sp³-hybridized carbons (Fsp3) is 0.222. The zero-order valence-corrected chi connectivity index (χ0v) is 14.4. The first-order valence-electron chi connectivity index (χ1n) is 7.54. The summed E-state index contributed by atoms with van der Waals surface area (Å²) in [5.74, 6) is 1.19. The van der Waals surface area contributed by atoms with Crippen molar-refractivity contribution in [2.75, 3.05) is 12.4 Å². The molecule has 3 heterocycles. The minimum atomic E-state index is -0.742. The number of pyridine rings is 1. The van der Waals surface area contributed by atoms with Crippen molar-refractivity contribution in [3.8, 4) is 16.9 Å². The van der Waals surface area contributed by atoms with E-state index < -0.39 is 11.7 Å². The van der Waals surface area contributed by atoms with Gasteiger partial charge in [-0.3, -0.25) is 5.32 Å². The molecule has 122 valence electrons. The van der Waals surface area contributed by atoms with Crippen LogP contribution in [0.5, 0.6) is 5.75 Å². The Morgan fingerprint density at radius 2 is 2.12 bits per heavy atom. The lowest BCUT2D eigenvalue weighted by molar-refractivity contribution is 0.0417. The van der Waals surface area contributed by atoms with Gasteiger partial charge in [0, 0.05) is 10.9 Å². The average Bonchev–Trinajstić information content (AvgIpc) is 3.05. The topological polar surface area (TPSA) is 60.5 Å². The number of benzene rings is 1. The van der Waals surface area contributed by atoms with Crippen LogP contribution in [0.4, 0.5) is 10.6 Å². The van der Waals surface area contributed by atoms with E-state index in [0.29, 0.717) is 11.6 Å². The van der Waals surface area contributed by atoms with Crippen LogP contribution in [0, 0.1) is 0 Å². The van der Waals surface area contributed by atoms with Gasteiger partial charge in [-0.1, -0.05) is 0 Å². The number of hydrogen-bond acceptors (Lipinski definition) is 5. The second-order valence-corrected chi connectivity index (χ2v) is 6.91. The molecule has 0 spiro atoms. The number of nitrogens with zero attached hydrogens (tertiary/aromatic N) is 1. The summed E-state index contributed by atoms with van der Waals surface area (Å²) in [5, 5.41) is 7.81. The second kappa shape index (κ2) is 5.21. The number of aromatic nitrogens is 1. The highest BCUT2D eigenvalue weighted by Crippen LogP contribution is 2.41. The van der Waals surface area contributed by atoms with Crippen molar-refractivity contribution >= 4 is 34.2 Å². The van der Waals surface area contributed by atoms with Gasteiger partial charge in [0.1, 0.15) is 22.7 Å². The lowest BCUT2D eigenvalue weighted by Crippen LogP contribution is -2.35. The van der Waals surface area contributed by atoms with E-state index in [1.807, 2.05) is 37.4 Å². The number of anilines is 1. The summed E-state index contributed by atoms with van der Waals surface area (Å²) in [7, 11) is 1.62. The first-order chi connectivity index (χ1) is 11.5. The second-order valence-electron chi connectivity index (χ2n) is 6.13. The third-order valence-corrected chi connectivity index (χ3v) is 4.90. The van der Waals surface area contributed by atoms with Crippen molar-refractivity contribution in [3.63, 3.8) is 0 Å². The molecule has 6 heteroatoms. The van der Waals surface area contributed by atoms with E-state index in [0.717, 1.165) is 27.6 Å². The highest BCUT2D eigenvalue weighted by atomic mass is 32.1. The number of carbonyl (C=O) groups excluding carboxylic acids is 1. The van der Waals surface area contributed by atoms with Gasteiger partial charge in [0.2, 0.25) is 0 Å². The number of amides is 1. The zero-order chi connectivity index (χ0) is 16.9. The number of rotatable bonds is 2. The number of ether oxygens (including phenoxy) is 2. The van der Waals surface area contributed by atoms with Gasteiger partial charge in [-0.25, -0.2) is 9.78 Å². The van der Waals surface area contributed by atoms with Gasteiger partial charge in [-0.05, 0) is 60.0 Å². The van der Waals surface area contributed by atoms with Crippen LogP contribution >= 0.6 is 11.3 Å². The largest absolute Gasteiger partial charge is 0.494 e. The Bertz CT molecular complexity index is 949. The summed E-state index contributed by atoms with van der Waals surface area (Å²) in [5.41, 5.74) is 3.04. The van der Waals surface area contributed by atoms with E-state index >= 15 is 0 Å². The summed E-state index contributed by atoms with van der Waals surface area (Å²) in [6.07, 6.45) is -0.493. The van der Waals surface area contributed by atoms with Crippen molar-refractivity contribution in [1.82, 2.24) is 4.98 Å². The lowest BCUT2D eigenvalue weighted by atomic mass is 9.93. The third kappa shape index (κ3) is 2.22. The predicted molar refractivity (Wildman–Crippen MR) is 94.7 cm³/mol. The fourth-order valence-corrected chi connectivity index (χ4v) is 3.69. The maximum Gasteiger partial charge on any atom is 0.413 e. The molecule has 0 atom stereocenters. The van der Waals surface area contributed by atoms with E-state index in [-0.39, 0.29) is 0 Å². The number of cyclic esters (lactones) is 1. The number of carbonyl (C=O) groups is 1. The van der Waals surface area contributed by atoms with E-state index in [9.17, 15) is 4.79 Å². The summed E-state index contributed by atoms with van der Waals surface area (Å²) >= 11 is 1.65. The molecule has 4 rings (SSSR count). The molecule has 3 aromatic rings. The van der Waals surface area contributed by atoms with Crippen LogP contribution < -0.4 is 10.1 Å². The lowest BCUT2D eigenvalue weighted by Gasteiger charge is -2.32. The molecule has 0 aliphatic carbocycles. The number of hydrogen-bond donors (Lipinski definition) is 1. The molecule has 1 N–H and O–H groups in total.